The fraction of sp³-hybridized carbons (Fsp3) is 0.923. The van der Waals surface area contributed by atoms with Crippen molar-refractivity contribution >= 4 is 16.1 Å². The SMILES string of the molecule is C[C@H]1C[C@]2(CCN1C(=O)OC(C)(C)C)CCS(=O)(=O)N2. The van der Waals surface area contributed by atoms with Crippen LogP contribution in [0, 0.1) is 0 Å². The summed E-state index contributed by atoms with van der Waals surface area (Å²) in [6, 6.07) is -0.0283. The Bertz CT molecular complexity index is 497. The van der Waals surface area contributed by atoms with Gasteiger partial charge in [-0.1, -0.05) is 0 Å². The minimum Gasteiger partial charge on any atom is -0.444 e. The van der Waals surface area contributed by atoms with Gasteiger partial charge in [0.05, 0.1) is 5.75 Å². The standard InChI is InChI=1S/C13H24N2O4S/c1-10-9-13(6-8-20(17,18)14-13)5-7-15(10)11(16)19-12(2,3)4/h10,14H,5-9H2,1-4H3/t10-,13-/m0/s1. The van der Waals surface area contributed by atoms with Crippen molar-refractivity contribution in [1.82, 2.24) is 9.62 Å². The van der Waals surface area contributed by atoms with Crippen molar-refractivity contribution in [3.8, 4) is 0 Å². The van der Waals surface area contributed by atoms with Crippen molar-refractivity contribution in [2.24, 2.45) is 0 Å². The topological polar surface area (TPSA) is 75.7 Å². The predicted octanol–water partition coefficient (Wildman–Crippen LogP) is 1.47. The monoisotopic (exact) mass is 304 g/mol. The maximum absolute atomic E-state index is 12.1. The van der Waals surface area contributed by atoms with E-state index in [0.717, 1.165) is 0 Å². The number of carbonyl (C=O) groups excluding carboxylic acids is 1. The highest BCUT2D eigenvalue weighted by Gasteiger charge is 2.46. The van der Waals surface area contributed by atoms with Crippen molar-refractivity contribution in [3.05, 3.63) is 0 Å². The van der Waals surface area contributed by atoms with Gasteiger partial charge < -0.3 is 9.64 Å². The van der Waals surface area contributed by atoms with Crippen LogP contribution >= 0.6 is 0 Å². The lowest BCUT2D eigenvalue weighted by Gasteiger charge is -2.43. The van der Waals surface area contributed by atoms with Gasteiger partial charge in [0.1, 0.15) is 5.60 Å². The van der Waals surface area contributed by atoms with E-state index in [1.165, 1.54) is 0 Å². The number of piperidine rings is 1. The zero-order valence-electron chi connectivity index (χ0n) is 12.6. The van der Waals surface area contributed by atoms with E-state index in [-0.39, 0.29) is 23.4 Å². The molecular formula is C13H24N2O4S. The van der Waals surface area contributed by atoms with Crippen LogP contribution in [0.15, 0.2) is 0 Å². The average Bonchev–Trinajstić information content (AvgIpc) is 2.51. The van der Waals surface area contributed by atoms with E-state index in [0.29, 0.717) is 25.8 Å². The van der Waals surface area contributed by atoms with Gasteiger partial charge in [0, 0.05) is 18.1 Å². The number of amides is 1. The van der Waals surface area contributed by atoms with Gasteiger partial charge in [0.2, 0.25) is 10.0 Å². The minimum atomic E-state index is -3.13. The number of likely N-dealkylation sites (tertiary alicyclic amines) is 1. The quantitative estimate of drug-likeness (QED) is 0.735. The maximum Gasteiger partial charge on any atom is 0.410 e. The molecule has 0 aromatic rings. The van der Waals surface area contributed by atoms with Gasteiger partial charge in [0.15, 0.2) is 0 Å². The molecule has 7 heteroatoms. The first-order valence-electron chi connectivity index (χ1n) is 7.03. The second-order valence-electron chi connectivity index (χ2n) is 6.93. The molecule has 1 spiro atoms. The molecule has 1 amide bonds. The van der Waals surface area contributed by atoms with E-state index in [1.54, 1.807) is 4.90 Å². The summed E-state index contributed by atoms with van der Waals surface area (Å²) in [4.78, 5) is 13.8. The van der Waals surface area contributed by atoms with E-state index >= 15 is 0 Å². The van der Waals surface area contributed by atoms with E-state index in [9.17, 15) is 13.2 Å². The van der Waals surface area contributed by atoms with E-state index < -0.39 is 15.6 Å². The van der Waals surface area contributed by atoms with Crippen molar-refractivity contribution in [1.29, 1.82) is 0 Å². The van der Waals surface area contributed by atoms with Gasteiger partial charge in [-0.2, -0.15) is 0 Å². The Hall–Kier alpha value is -0.820. The molecule has 0 unspecified atom stereocenters. The Morgan fingerprint density at radius 2 is 2.00 bits per heavy atom. The van der Waals surface area contributed by atoms with E-state index in [2.05, 4.69) is 4.72 Å². The highest BCUT2D eigenvalue weighted by atomic mass is 32.2. The number of nitrogens with zero attached hydrogens (tertiary/aromatic N) is 1. The third kappa shape index (κ3) is 3.44. The summed E-state index contributed by atoms with van der Waals surface area (Å²) in [6.45, 7) is 7.99. The number of hydrogen-bond acceptors (Lipinski definition) is 4. The first-order chi connectivity index (χ1) is 9.02. The molecule has 0 aromatic heterocycles. The number of ether oxygens (including phenoxy) is 1. The van der Waals surface area contributed by atoms with Gasteiger partial charge in [-0.25, -0.2) is 17.9 Å². The smallest absolute Gasteiger partial charge is 0.410 e. The summed E-state index contributed by atoms with van der Waals surface area (Å²) in [5.74, 6) is 0.187. The van der Waals surface area contributed by atoms with Crippen molar-refractivity contribution in [2.75, 3.05) is 12.3 Å². The Morgan fingerprint density at radius 1 is 1.35 bits per heavy atom. The molecule has 1 N–H and O–H groups in total. The Kier molecular flexibility index (Phi) is 3.79. The molecule has 2 rings (SSSR count). The van der Waals surface area contributed by atoms with Crippen LogP contribution in [0.2, 0.25) is 0 Å². The number of sulfonamides is 1. The Morgan fingerprint density at radius 3 is 2.45 bits per heavy atom. The number of hydrogen-bond donors (Lipinski definition) is 1. The van der Waals surface area contributed by atoms with Crippen LogP contribution in [-0.4, -0.2) is 48.9 Å². The van der Waals surface area contributed by atoms with Crippen molar-refractivity contribution in [2.45, 2.75) is 64.1 Å². The molecule has 0 aromatic carbocycles. The Labute approximate surface area is 120 Å². The van der Waals surface area contributed by atoms with Crippen LogP contribution in [0.1, 0.15) is 47.0 Å². The van der Waals surface area contributed by atoms with Gasteiger partial charge in [0.25, 0.3) is 0 Å². The molecule has 2 fully saturated rings. The molecule has 2 saturated heterocycles. The third-order valence-corrected chi connectivity index (χ3v) is 5.38. The molecule has 2 aliphatic rings. The van der Waals surface area contributed by atoms with Crippen LogP contribution in [0.5, 0.6) is 0 Å². The fourth-order valence-corrected chi connectivity index (χ4v) is 4.71. The number of carbonyl (C=O) groups is 1. The third-order valence-electron chi connectivity index (χ3n) is 3.90. The molecule has 0 aliphatic carbocycles. The fourth-order valence-electron chi connectivity index (χ4n) is 3.01. The summed E-state index contributed by atoms with van der Waals surface area (Å²) < 4.78 is 31.4. The average molecular weight is 304 g/mol. The number of nitrogens with one attached hydrogen (secondary N) is 1. The first-order valence-corrected chi connectivity index (χ1v) is 8.69. The molecule has 2 aliphatic heterocycles. The molecular weight excluding hydrogens is 280 g/mol. The molecule has 20 heavy (non-hydrogen) atoms. The predicted molar refractivity (Wildman–Crippen MR) is 75.9 cm³/mol. The first kappa shape index (κ1) is 15.6. The van der Waals surface area contributed by atoms with Gasteiger partial charge >= 0.3 is 6.09 Å². The second kappa shape index (κ2) is 4.87. The molecule has 2 atom stereocenters. The second-order valence-corrected chi connectivity index (χ2v) is 8.77. The van der Waals surface area contributed by atoms with Crippen LogP contribution in [0.25, 0.3) is 0 Å². The molecule has 2 heterocycles. The van der Waals surface area contributed by atoms with Crippen molar-refractivity contribution < 1.29 is 17.9 Å². The lowest BCUT2D eigenvalue weighted by Crippen LogP contribution is -2.56. The van der Waals surface area contributed by atoms with E-state index in [4.69, 9.17) is 4.74 Å². The molecule has 6 nitrogen and oxygen atoms in total. The summed E-state index contributed by atoms with van der Waals surface area (Å²) >= 11 is 0. The maximum atomic E-state index is 12.1. The summed E-state index contributed by atoms with van der Waals surface area (Å²) in [5, 5.41) is 0. The zero-order chi connectivity index (χ0) is 15.2. The van der Waals surface area contributed by atoms with Gasteiger partial charge in [-0.05, 0) is 47.0 Å². The van der Waals surface area contributed by atoms with Crippen LogP contribution in [0.3, 0.4) is 0 Å². The molecule has 0 bridgehead atoms. The zero-order valence-corrected chi connectivity index (χ0v) is 13.4. The lowest BCUT2D eigenvalue weighted by atomic mass is 9.83. The van der Waals surface area contributed by atoms with Crippen LogP contribution in [-0.2, 0) is 14.8 Å². The van der Waals surface area contributed by atoms with Crippen molar-refractivity contribution in [3.63, 3.8) is 0 Å². The molecule has 116 valence electrons. The van der Waals surface area contributed by atoms with Crippen LogP contribution in [0.4, 0.5) is 4.79 Å². The Balaban J connectivity index is 2.02. The molecule has 0 saturated carbocycles. The number of rotatable bonds is 0. The highest BCUT2D eigenvalue weighted by Crippen LogP contribution is 2.35. The minimum absolute atomic E-state index is 0.0283. The van der Waals surface area contributed by atoms with Crippen LogP contribution < -0.4 is 4.72 Å². The molecule has 0 radical (unpaired) electrons. The largest absolute Gasteiger partial charge is 0.444 e. The highest BCUT2D eigenvalue weighted by molar-refractivity contribution is 7.89. The van der Waals surface area contributed by atoms with Gasteiger partial charge in [-0.15, -0.1) is 0 Å². The summed E-state index contributed by atoms with van der Waals surface area (Å²) in [5.41, 5.74) is -0.877. The van der Waals surface area contributed by atoms with Gasteiger partial charge in [-0.3, -0.25) is 0 Å². The summed E-state index contributed by atoms with van der Waals surface area (Å²) in [6.07, 6.45) is 1.60. The van der Waals surface area contributed by atoms with E-state index in [1.807, 2.05) is 27.7 Å². The normalized spacial score (nSPS) is 33.4. The lowest BCUT2D eigenvalue weighted by molar-refractivity contribution is 0.00402. The summed E-state index contributed by atoms with van der Waals surface area (Å²) in [7, 11) is -3.13.